The molecule has 27 heavy (non-hydrogen) atoms. The Morgan fingerprint density at radius 2 is 1.89 bits per heavy atom. The Balaban J connectivity index is 1.77. The van der Waals surface area contributed by atoms with Crippen molar-refractivity contribution in [1.29, 1.82) is 0 Å². The van der Waals surface area contributed by atoms with E-state index in [4.69, 9.17) is 21.6 Å². The number of rotatable bonds is 3. The fourth-order valence-electron chi connectivity index (χ4n) is 3.97. The number of hydrogen-bond acceptors (Lipinski definition) is 5. The predicted octanol–water partition coefficient (Wildman–Crippen LogP) is 4.55. The van der Waals surface area contributed by atoms with Crippen molar-refractivity contribution < 1.29 is 0 Å². The highest BCUT2D eigenvalue weighted by Crippen LogP contribution is 2.30. The fraction of sp³-hybridized carbons (Fsp3) is 0.450. The topological polar surface area (TPSA) is 58.9 Å². The van der Waals surface area contributed by atoms with Gasteiger partial charge in [0.1, 0.15) is 5.82 Å². The van der Waals surface area contributed by atoms with E-state index in [1.165, 1.54) is 6.42 Å². The van der Waals surface area contributed by atoms with Crippen LogP contribution in [0.5, 0.6) is 0 Å². The molecule has 3 heterocycles. The Kier molecular flexibility index (Phi) is 4.68. The molecule has 0 bridgehead atoms. The first-order valence-electron chi connectivity index (χ1n) is 9.38. The third-order valence-electron chi connectivity index (χ3n) is 5.17. The minimum absolute atomic E-state index is 0.634. The zero-order valence-electron chi connectivity index (χ0n) is 16.2. The van der Waals surface area contributed by atoms with Gasteiger partial charge < -0.3 is 10.2 Å². The molecule has 0 radical (unpaired) electrons. The third-order valence-corrected chi connectivity index (χ3v) is 5.41. The van der Waals surface area contributed by atoms with Crippen LogP contribution in [-0.4, -0.2) is 32.8 Å². The molecule has 1 aliphatic heterocycles. The monoisotopic (exact) mass is 384 g/mol. The summed E-state index contributed by atoms with van der Waals surface area (Å²) in [6.07, 6.45) is 3.06. The lowest BCUT2D eigenvalue weighted by Gasteiger charge is -2.35. The van der Waals surface area contributed by atoms with Gasteiger partial charge in [0.05, 0.1) is 11.6 Å². The molecule has 0 aliphatic carbocycles. The van der Waals surface area contributed by atoms with Gasteiger partial charge >= 0.3 is 0 Å². The zero-order chi connectivity index (χ0) is 19.1. The molecule has 0 spiro atoms. The average Bonchev–Trinajstić information content (AvgIpc) is 2.98. The van der Waals surface area contributed by atoms with Gasteiger partial charge in [0, 0.05) is 30.8 Å². The van der Waals surface area contributed by atoms with E-state index in [9.17, 15) is 0 Å². The largest absolute Gasteiger partial charge is 0.340 e. The first-order valence-corrected chi connectivity index (χ1v) is 9.76. The highest BCUT2D eigenvalue weighted by atomic mass is 35.5. The van der Waals surface area contributed by atoms with Gasteiger partial charge in [-0.15, -0.1) is 0 Å². The van der Waals surface area contributed by atoms with Crippen molar-refractivity contribution in [2.24, 2.45) is 18.9 Å². The second-order valence-corrected chi connectivity index (χ2v) is 8.25. The first-order chi connectivity index (χ1) is 12.9. The third kappa shape index (κ3) is 3.58. The number of halogens is 1. The van der Waals surface area contributed by atoms with Crippen molar-refractivity contribution in [3.8, 4) is 0 Å². The molecule has 6 nitrogen and oxygen atoms in total. The number of benzene rings is 1. The zero-order valence-corrected chi connectivity index (χ0v) is 17.0. The molecule has 4 rings (SSSR count). The van der Waals surface area contributed by atoms with Crippen molar-refractivity contribution in [1.82, 2.24) is 19.7 Å². The Morgan fingerprint density at radius 1 is 1.15 bits per heavy atom. The van der Waals surface area contributed by atoms with Gasteiger partial charge in [-0.25, -0.2) is 0 Å². The van der Waals surface area contributed by atoms with Gasteiger partial charge in [-0.05, 0) is 48.9 Å². The molecule has 1 aromatic carbocycles. The van der Waals surface area contributed by atoms with Crippen molar-refractivity contribution in [2.75, 3.05) is 23.3 Å². The fourth-order valence-corrected chi connectivity index (χ4v) is 4.20. The van der Waals surface area contributed by atoms with Crippen LogP contribution in [0.4, 0.5) is 17.5 Å². The number of aromatic nitrogens is 4. The number of nitrogens with one attached hydrogen (secondary N) is 1. The van der Waals surface area contributed by atoms with Crippen molar-refractivity contribution >= 4 is 40.1 Å². The number of hydrogen-bond donors (Lipinski definition) is 1. The van der Waals surface area contributed by atoms with E-state index in [-0.39, 0.29) is 0 Å². The molecule has 142 valence electrons. The Hall–Kier alpha value is -2.34. The van der Waals surface area contributed by atoms with E-state index in [1.807, 2.05) is 38.4 Å². The molecule has 1 N–H and O–H groups in total. The summed E-state index contributed by atoms with van der Waals surface area (Å²) >= 11 is 6.10. The van der Waals surface area contributed by atoms with Gasteiger partial charge in [0.2, 0.25) is 5.95 Å². The van der Waals surface area contributed by atoms with E-state index in [1.54, 1.807) is 4.68 Å². The van der Waals surface area contributed by atoms with Gasteiger partial charge in [0.15, 0.2) is 5.65 Å². The summed E-state index contributed by atoms with van der Waals surface area (Å²) in [7, 11) is 1.91. The van der Waals surface area contributed by atoms with Crippen LogP contribution in [0.1, 0.15) is 25.8 Å². The minimum Gasteiger partial charge on any atom is -0.340 e. The lowest BCUT2D eigenvalue weighted by molar-refractivity contribution is 0.354. The van der Waals surface area contributed by atoms with Gasteiger partial charge in [0.25, 0.3) is 0 Å². The van der Waals surface area contributed by atoms with E-state index < -0.39 is 0 Å². The quantitative estimate of drug-likeness (QED) is 0.717. The van der Waals surface area contributed by atoms with Gasteiger partial charge in [-0.3, -0.25) is 4.68 Å². The number of fused-ring (bicyclic) bond motifs is 1. The Bertz CT molecular complexity index is 972. The molecule has 2 atom stereocenters. The number of piperidine rings is 1. The number of aryl methyl sites for hydroxylation is 2. The predicted molar refractivity (Wildman–Crippen MR) is 111 cm³/mol. The van der Waals surface area contributed by atoms with Crippen LogP contribution in [0.2, 0.25) is 5.02 Å². The molecule has 1 fully saturated rings. The molecule has 1 saturated heterocycles. The summed E-state index contributed by atoms with van der Waals surface area (Å²) < 4.78 is 1.80. The highest BCUT2D eigenvalue weighted by Gasteiger charge is 2.25. The molecule has 7 heteroatoms. The molecule has 0 amide bonds. The van der Waals surface area contributed by atoms with E-state index in [0.717, 1.165) is 52.2 Å². The van der Waals surface area contributed by atoms with E-state index in [0.29, 0.717) is 11.8 Å². The lowest BCUT2D eigenvalue weighted by Crippen LogP contribution is -2.39. The average molecular weight is 385 g/mol. The Morgan fingerprint density at radius 3 is 2.59 bits per heavy atom. The minimum atomic E-state index is 0.634. The van der Waals surface area contributed by atoms with Crippen LogP contribution in [-0.2, 0) is 7.05 Å². The summed E-state index contributed by atoms with van der Waals surface area (Å²) in [4.78, 5) is 12.0. The maximum atomic E-state index is 6.10. The summed E-state index contributed by atoms with van der Waals surface area (Å²) in [5, 5.41) is 9.49. The summed E-state index contributed by atoms with van der Waals surface area (Å²) in [5.74, 6) is 2.81. The lowest BCUT2D eigenvalue weighted by atomic mass is 9.92. The van der Waals surface area contributed by atoms with Crippen LogP contribution >= 0.6 is 11.6 Å². The standard InChI is InChI=1S/C20H25ClN6/c1-12-7-13(2)11-27(10-12)20-24-18(16-9-22-26(4)19(16)25-20)23-17-6-5-15(21)8-14(17)3/h5-6,8-9,12-13H,7,10-11H2,1-4H3,(H,23,24,25)/t12-,13-/m0/s1. The SMILES string of the molecule is Cc1cc(Cl)ccc1Nc1nc(N2C[C@@H](C)C[C@H](C)C2)nc2c1cnn2C. The molecule has 1 aliphatic rings. The van der Waals surface area contributed by atoms with Crippen molar-refractivity contribution in [3.05, 3.63) is 35.0 Å². The van der Waals surface area contributed by atoms with Crippen LogP contribution in [0.3, 0.4) is 0 Å². The molecule has 0 unspecified atom stereocenters. The summed E-state index contributed by atoms with van der Waals surface area (Å²) in [5.41, 5.74) is 2.88. The first kappa shape index (κ1) is 18.0. The second kappa shape index (κ2) is 7.00. The maximum Gasteiger partial charge on any atom is 0.229 e. The highest BCUT2D eigenvalue weighted by molar-refractivity contribution is 6.30. The van der Waals surface area contributed by atoms with E-state index in [2.05, 4.69) is 29.2 Å². The van der Waals surface area contributed by atoms with E-state index >= 15 is 0 Å². The Labute approximate surface area is 164 Å². The molecule has 3 aromatic rings. The molecule has 2 aromatic heterocycles. The van der Waals surface area contributed by atoms with Gasteiger partial charge in [-0.1, -0.05) is 25.4 Å². The summed E-state index contributed by atoms with van der Waals surface area (Å²) in [6, 6.07) is 5.81. The maximum absolute atomic E-state index is 6.10. The van der Waals surface area contributed by atoms with Crippen LogP contribution < -0.4 is 10.2 Å². The molecular formula is C20H25ClN6. The van der Waals surface area contributed by atoms with Crippen molar-refractivity contribution in [3.63, 3.8) is 0 Å². The number of nitrogens with zero attached hydrogens (tertiary/aromatic N) is 5. The van der Waals surface area contributed by atoms with Crippen molar-refractivity contribution in [2.45, 2.75) is 27.2 Å². The number of anilines is 3. The van der Waals surface area contributed by atoms with Crippen LogP contribution in [0.25, 0.3) is 11.0 Å². The molecular weight excluding hydrogens is 360 g/mol. The smallest absolute Gasteiger partial charge is 0.229 e. The normalized spacial score (nSPS) is 20.3. The second-order valence-electron chi connectivity index (χ2n) is 7.81. The molecule has 0 saturated carbocycles. The van der Waals surface area contributed by atoms with Crippen LogP contribution in [0, 0.1) is 18.8 Å². The van der Waals surface area contributed by atoms with Crippen LogP contribution in [0.15, 0.2) is 24.4 Å². The summed E-state index contributed by atoms with van der Waals surface area (Å²) in [6.45, 7) is 8.58. The van der Waals surface area contributed by atoms with Gasteiger partial charge in [-0.2, -0.15) is 15.1 Å².